The summed E-state index contributed by atoms with van der Waals surface area (Å²) in [7, 11) is 0. The average Bonchev–Trinajstić information content (AvgIpc) is 3.07. The Hall–Kier alpha value is -1.63. The molecule has 6 heteroatoms. The number of benzene rings is 2. The van der Waals surface area contributed by atoms with E-state index in [-0.39, 0.29) is 19.1 Å². The third-order valence-corrected chi connectivity index (χ3v) is 6.27. The van der Waals surface area contributed by atoms with Crippen LogP contribution in [0.1, 0.15) is 37.0 Å². The van der Waals surface area contributed by atoms with Crippen molar-refractivity contribution in [1.29, 1.82) is 0 Å². The van der Waals surface area contributed by atoms with Crippen LogP contribution in [0.4, 0.5) is 0 Å². The van der Waals surface area contributed by atoms with E-state index in [0.717, 1.165) is 22.4 Å². The van der Waals surface area contributed by atoms with Crippen LogP contribution in [0.25, 0.3) is 0 Å². The zero-order valence-electron chi connectivity index (χ0n) is 16.7. The lowest BCUT2D eigenvalue weighted by atomic mass is 9.81. The van der Waals surface area contributed by atoms with Gasteiger partial charge in [0.15, 0.2) is 0 Å². The number of hydrogen-bond donors (Lipinski definition) is 2. The third kappa shape index (κ3) is 3.66. The van der Waals surface area contributed by atoms with E-state index in [2.05, 4.69) is 0 Å². The summed E-state index contributed by atoms with van der Waals surface area (Å²) >= 11 is 6.48. The predicted octanol–water partition coefficient (Wildman–Crippen LogP) is 3.66. The molecule has 2 bridgehead atoms. The van der Waals surface area contributed by atoms with Gasteiger partial charge in [-0.2, -0.15) is 0 Å². The summed E-state index contributed by atoms with van der Waals surface area (Å²) in [5, 5.41) is 21.4. The van der Waals surface area contributed by atoms with E-state index in [1.165, 1.54) is 0 Å². The van der Waals surface area contributed by atoms with Crippen molar-refractivity contribution in [2.24, 2.45) is 5.92 Å². The van der Waals surface area contributed by atoms with Crippen molar-refractivity contribution in [2.45, 2.75) is 44.2 Å². The summed E-state index contributed by atoms with van der Waals surface area (Å²) in [5.74, 6) is -0.510. The van der Waals surface area contributed by atoms with Crippen LogP contribution in [0.5, 0.6) is 5.75 Å². The number of ether oxygens (including phenoxy) is 3. The first-order valence-corrected chi connectivity index (χ1v) is 10.4. The SMILES string of the molecule is CCOc1ccc(Cc2cc([C@@]34OC[C@@](CO)(C[C@H](C)[C@H]3O)O4)ccc2Cl)cc1. The fourth-order valence-electron chi connectivity index (χ4n) is 4.41. The van der Waals surface area contributed by atoms with Crippen LogP contribution in [0.15, 0.2) is 42.5 Å². The average molecular weight is 419 g/mol. The van der Waals surface area contributed by atoms with Gasteiger partial charge in [-0.1, -0.05) is 36.7 Å². The highest BCUT2D eigenvalue weighted by Gasteiger charge is 2.61. The van der Waals surface area contributed by atoms with Crippen molar-refractivity contribution >= 4 is 11.6 Å². The molecule has 0 amide bonds. The number of rotatable bonds is 6. The van der Waals surface area contributed by atoms with Gasteiger partial charge in [-0.05, 0) is 61.1 Å². The van der Waals surface area contributed by atoms with Crippen molar-refractivity contribution in [3.8, 4) is 5.75 Å². The molecule has 2 aliphatic heterocycles. The lowest BCUT2D eigenvalue weighted by Gasteiger charge is -2.44. The van der Waals surface area contributed by atoms with Crippen molar-refractivity contribution in [2.75, 3.05) is 19.8 Å². The van der Waals surface area contributed by atoms with Crippen LogP contribution in [-0.4, -0.2) is 41.7 Å². The van der Waals surface area contributed by atoms with Gasteiger partial charge >= 0.3 is 0 Å². The molecule has 2 aromatic carbocycles. The maximum atomic E-state index is 10.9. The molecular weight excluding hydrogens is 392 g/mol. The highest BCUT2D eigenvalue weighted by Crippen LogP contribution is 2.51. The Kier molecular flexibility index (Phi) is 5.62. The van der Waals surface area contributed by atoms with Gasteiger partial charge in [0, 0.05) is 10.6 Å². The van der Waals surface area contributed by atoms with Crippen molar-refractivity contribution in [3.05, 3.63) is 64.2 Å². The second-order valence-electron chi connectivity index (χ2n) is 8.09. The summed E-state index contributed by atoms with van der Waals surface area (Å²) in [5.41, 5.74) is 1.97. The second kappa shape index (κ2) is 7.89. The van der Waals surface area contributed by atoms with Crippen molar-refractivity contribution in [3.63, 3.8) is 0 Å². The molecule has 5 nitrogen and oxygen atoms in total. The number of aliphatic hydroxyl groups excluding tert-OH is 2. The van der Waals surface area contributed by atoms with Crippen LogP contribution in [0.2, 0.25) is 5.02 Å². The Morgan fingerprint density at radius 3 is 2.66 bits per heavy atom. The zero-order chi connectivity index (χ0) is 20.6. The molecule has 2 aromatic rings. The van der Waals surface area contributed by atoms with Crippen LogP contribution in [0, 0.1) is 5.92 Å². The van der Waals surface area contributed by atoms with Crippen LogP contribution >= 0.6 is 11.6 Å². The first-order chi connectivity index (χ1) is 13.9. The van der Waals surface area contributed by atoms with E-state index in [4.69, 9.17) is 25.8 Å². The Labute approximate surface area is 176 Å². The number of fused-ring (bicyclic) bond motifs is 2. The quantitative estimate of drug-likeness (QED) is 0.749. The number of hydrogen-bond acceptors (Lipinski definition) is 5. The molecule has 0 unspecified atom stereocenters. The van der Waals surface area contributed by atoms with E-state index in [1.54, 1.807) is 0 Å². The molecule has 156 valence electrons. The predicted molar refractivity (Wildman–Crippen MR) is 110 cm³/mol. The third-order valence-electron chi connectivity index (χ3n) is 5.91. The fraction of sp³-hybridized carbons (Fsp3) is 0.478. The zero-order valence-corrected chi connectivity index (χ0v) is 17.5. The van der Waals surface area contributed by atoms with E-state index in [0.29, 0.717) is 24.5 Å². The minimum Gasteiger partial charge on any atom is -0.494 e. The Morgan fingerprint density at radius 1 is 1.21 bits per heavy atom. The summed E-state index contributed by atoms with van der Waals surface area (Å²) in [4.78, 5) is 0. The molecular formula is C23H27ClO5. The largest absolute Gasteiger partial charge is 0.494 e. The van der Waals surface area contributed by atoms with E-state index in [1.807, 2.05) is 56.3 Å². The topological polar surface area (TPSA) is 68.2 Å². The molecule has 4 rings (SSSR count). The second-order valence-corrected chi connectivity index (χ2v) is 8.49. The van der Waals surface area contributed by atoms with Crippen molar-refractivity contribution < 1.29 is 24.4 Å². The summed E-state index contributed by atoms with van der Waals surface area (Å²) in [6, 6.07) is 13.5. The summed E-state index contributed by atoms with van der Waals surface area (Å²) < 4.78 is 17.7. The molecule has 2 saturated heterocycles. The number of halogens is 1. The molecule has 29 heavy (non-hydrogen) atoms. The Balaban J connectivity index is 1.64. The molecule has 2 aliphatic rings. The molecule has 2 fully saturated rings. The van der Waals surface area contributed by atoms with Gasteiger partial charge in [0.25, 0.3) is 0 Å². The van der Waals surface area contributed by atoms with Gasteiger partial charge in [0.2, 0.25) is 5.79 Å². The lowest BCUT2D eigenvalue weighted by molar-refractivity contribution is -0.291. The van der Waals surface area contributed by atoms with Gasteiger partial charge in [-0.3, -0.25) is 0 Å². The molecule has 0 aromatic heterocycles. The van der Waals surface area contributed by atoms with Gasteiger partial charge < -0.3 is 24.4 Å². The monoisotopic (exact) mass is 418 g/mol. The Bertz CT molecular complexity index is 870. The normalized spacial score (nSPS) is 31.1. The van der Waals surface area contributed by atoms with E-state index in [9.17, 15) is 10.2 Å². The minimum atomic E-state index is -1.28. The van der Waals surface area contributed by atoms with Crippen LogP contribution < -0.4 is 4.74 Å². The minimum absolute atomic E-state index is 0.0661. The van der Waals surface area contributed by atoms with Crippen LogP contribution in [0.3, 0.4) is 0 Å². The van der Waals surface area contributed by atoms with Gasteiger partial charge in [0.1, 0.15) is 17.5 Å². The highest BCUT2D eigenvalue weighted by atomic mass is 35.5. The van der Waals surface area contributed by atoms with Gasteiger partial charge in [-0.15, -0.1) is 0 Å². The maximum Gasteiger partial charge on any atom is 0.222 e. The standard InChI is InChI=1S/C23H27ClO5/c1-3-27-19-7-4-16(5-8-19)10-17-11-18(6-9-20(17)24)23-21(26)15(2)12-22(13-25,29-23)14-28-23/h4-9,11,15,21,25-26H,3,10,12-14H2,1-2H3/t15-,21+,22-,23-/m0/s1. The lowest BCUT2D eigenvalue weighted by Crippen LogP contribution is -2.53. The molecule has 2 heterocycles. The van der Waals surface area contributed by atoms with Crippen LogP contribution in [-0.2, 0) is 21.7 Å². The first-order valence-electron chi connectivity index (χ1n) is 10.0. The molecule has 4 atom stereocenters. The summed E-state index contributed by atoms with van der Waals surface area (Å²) in [6.07, 6.45) is 0.356. The van der Waals surface area contributed by atoms with Gasteiger partial charge in [0.05, 0.1) is 19.8 Å². The van der Waals surface area contributed by atoms with E-state index >= 15 is 0 Å². The molecule has 2 N–H and O–H groups in total. The maximum absolute atomic E-state index is 10.9. The molecule has 0 aliphatic carbocycles. The first kappa shape index (κ1) is 20.6. The number of aliphatic hydroxyl groups is 2. The smallest absolute Gasteiger partial charge is 0.222 e. The fourth-order valence-corrected chi connectivity index (χ4v) is 4.60. The van der Waals surface area contributed by atoms with Crippen molar-refractivity contribution in [1.82, 2.24) is 0 Å². The molecule has 0 spiro atoms. The highest BCUT2D eigenvalue weighted by molar-refractivity contribution is 6.31. The van der Waals surface area contributed by atoms with Gasteiger partial charge in [-0.25, -0.2) is 0 Å². The molecule has 0 radical (unpaired) electrons. The summed E-state index contributed by atoms with van der Waals surface area (Å²) in [6.45, 7) is 4.65. The Morgan fingerprint density at radius 2 is 1.97 bits per heavy atom. The van der Waals surface area contributed by atoms with E-state index < -0.39 is 17.5 Å². The molecule has 0 saturated carbocycles.